The zero-order valence-corrected chi connectivity index (χ0v) is 18.6. The highest BCUT2D eigenvalue weighted by Gasteiger charge is 2.20. The van der Waals surface area contributed by atoms with E-state index in [0.29, 0.717) is 6.42 Å². The first-order chi connectivity index (χ1) is 13.9. The Balaban J connectivity index is 3.56. The summed E-state index contributed by atoms with van der Waals surface area (Å²) < 4.78 is 19.8. The van der Waals surface area contributed by atoms with Gasteiger partial charge in [-0.15, -0.1) is 0 Å². The van der Waals surface area contributed by atoms with Crippen LogP contribution in [0.5, 0.6) is 0 Å². The Morgan fingerprint density at radius 2 is 1.52 bits per heavy atom. The fraction of sp³-hybridized carbons (Fsp3) is 0.762. The number of unbranched alkanes of at least 4 members (excludes halogenated alkanes) is 8. The minimum Gasteiger partial charge on any atom is -0.457 e. The molecule has 0 spiro atoms. The Bertz CT molecular complexity index is 499. The summed E-state index contributed by atoms with van der Waals surface area (Å²) in [5.41, 5.74) is 0. The van der Waals surface area contributed by atoms with Gasteiger partial charge >= 0.3 is 13.8 Å². The number of carbonyl (C=O) groups excluding carboxylic acids is 1. The van der Waals surface area contributed by atoms with E-state index in [0.717, 1.165) is 38.5 Å². The summed E-state index contributed by atoms with van der Waals surface area (Å²) in [6, 6.07) is 0. The molecule has 0 unspecified atom stereocenters. The van der Waals surface area contributed by atoms with E-state index in [9.17, 15) is 9.36 Å². The Morgan fingerprint density at radius 3 is 2.10 bits per heavy atom. The first kappa shape index (κ1) is 28.0. The normalized spacial score (nSPS) is 13.4. The van der Waals surface area contributed by atoms with Crippen molar-refractivity contribution >= 4 is 13.8 Å². The Kier molecular flexibility index (Phi) is 18.4. The third-order valence-corrected chi connectivity index (χ3v) is 4.75. The number of rotatable bonds is 19. The standard InChI is InChI=1S/C21H39O7P/c1-2-3-4-5-6-7-8-9-10-11-12-13-14-15-16-17-21(23)28-20(18-22)19-27-29(24,25)26/h6-7,9-10,20,22H,2-5,8,11-19H2,1H3,(H2,24,25,26)/t20-/m1/s1. The zero-order chi connectivity index (χ0) is 21.8. The summed E-state index contributed by atoms with van der Waals surface area (Å²) in [7, 11) is -4.64. The van der Waals surface area contributed by atoms with Gasteiger partial charge in [-0.25, -0.2) is 4.57 Å². The molecule has 1 atom stereocenters. The second kappa shape index (κ2) is 19.0. The van der Waals surface area contributed by atoms with Gasteiger partial charge in [-0.1, -0.05) is 63.3 Å². The highest BCUT2D eigenvalue weighted by Crippen LogP contribution is 2.35. The Hall–Kier alpha value is -0.980. The van der Waals surface area contributed by atoms with Gasteiger partial charge in [0.25, 0.3) is 0 Å². The highest BCUT2D eigenvalue weighted by atomic mass is 31.2. The van der Waals surface area contributed by atoms with E-state index in [-0.39, 0.29) is 6.42 Å². The lowest BCUT2D eigenvalue weighted by Gasteiger charge is -2.15. The van der Waals surface area contributed by atoms with Crippen molar-refractivity contribution in [1.82, 2.24) is 0 Å². The maximum absolute atomic E-state index is 11.7. The summed E-state index contributed by atoms with van der Waals surface area (Å²) in [4.78, 5) is 28.9. The van der Waals surface area contributed by atoms with Crippen molar-refractivity contribution in [3.8, 4) is 0 Å². The van der Waals surface area contributed by atoms with Crippen molar-refractivity contribution in [2.24, 2.45) is 0 Å². The van der Waals surface area contributed by atoms with Crippen LogP contribution in [0.3, 0.4) is 0 Å². The fourth-order valence-corrected chi connectivity index (χ4v) is 2.99. The quantitative estimate of drug-likeness (QED) is 0.116. The average molecular weight is 435 g/mol. The van der Waals surface area contributed by atoms with Crippen LogP contribution in [0.15, 0.2) is 24.3 Å². The van der Waals surface area contributed by atoms with Crippen LogP contribution >= 0.6 is 7.82 Å². The molecule has 0 saturated carbocycles. The number of hydrogen-bond acceptors (Lipinski definition) is 5. The summed E-state index contributed by atoms with van der Waals surface area (Å²) in [5.74, 6) is -0.496. The number of esters is 1. The van der Waals surface area contributed by atoms with Gasteiger partial charge in [-0.2, -0.15) is 0 Å². The van der Waals surface area contributed by atoms with Crippen LogP contribution in [-0.2, 0) is 18.6 Å². The van der Waals surface area contributed by atoms with Gasteiger partial charge in [-0.05, 0) is 38.5 Å². The maximum Gasteiger partial charge on any atom is 0.469 e. The van der Waals surface area contributed by atoms with Gasteiger partial charge in [0.15, 0.2) is 0 Å². The molecular formula is C21H39O7P. The molecule has 3 N–H and O–H groups in total. The molecular weight excluding hydrogens is 395 g/mol. The van der Waals surface area contributed by atoms with Crippen LogP contribution in [0.2, 0.25) is 0 Å². The van der Waals surface area contributed by atoms with E-state index < -0.39 is 33.1 Å². The predicted octanol–water partition coefficient (Wildman–Crippen LogP) is 4.81. The average Bonchev–Trinajstić information content (AvgIpc) is 2.67. The second-order valence-electron chi connectivity index (χ2n) is 7.06. The third-order valence-electron chi connectivity index (χ3n) is 4.26. The smallest absolute Gasteiger partial charge is 0.457 e. The summed E-state index contributed by atoms with van der Waals surface area (Å²) in [6.07, 6.45) is 20.1. The summed E-state index contributed by atoms with van der Waals surface area (Å²) >= 11 is 0. The lowest BCUT2D eigenvalue weighted by atomic mass is 10.1. The summed E-state index contributed by atoms with van der Waals surface area (Å²) in [5, 5.41) is 9.06. The van der Waals surface area contributed by atoms with Crippen molar-refractivity contribution in [2.45, 2.75) is 90.1 Å². The predicted molar refractivity (Wildman–Crippen MR) is 114 cm³/mol. The molecule has 0 amide bonds. The van der Waals surface area contributed by atoms with Crippen LogP contribution in [-0.4, -0.2) is 40.2 Å². The van der Waals surface area contributed by atoms with Gasteiger partial charge in [-0.3, -0.25) is 9.32 Å². The van der Waals surface area contributed by atoms with Crippen molar-refractivity contribution in [3.05, 3.63) is 24.3 Å². The molecule has 0 aromatic rings. The zero-order valence-electron chi connectivity index (χ0n) is 17.7. The van der Waals surface area contributed by atoms with Crippen molar-refractivity contribution < 1.29 is 33.5 Å². The molecule has 0 rings (SSSR count). The van der Waals surface area contributed by atoms with Gasteiger partial charge < -0.3 is 19.6 Å². The molecule has 8 heteroatoms. The molecule has 0 bridgehead atoms. The Morgan fingerprint density at radius 1 is 0.931 bits per heavy atom. The number of allylic oxidation sites excluding steroid dienone is 4. The molecule has 0 aromatic heterocycles. The highest BCUT2D eigenvalue weighted by molar-refractivity contribution is 7.46. The monoisotopic (exact) mass is 434 g/mol. The second-order valence-corrected chi connectivity index (χ2v) is 8.30. The number of carbonyl (C=O) groups is 1. The van der Waals surface area contributed by atoms with Gasteiger partial charge in [0, 0.05) is 6.42 Å². The molecule has 170 valence electrons. The molecule has 0 aromatic carbocycles. The summed E-state index contributed by atoms with van der Waals surface area (Å²) in [6.45, 7) is 1.13. The van der Waals surface area contributed by atoms with Crippen LogP contribution in [0.1, 0.15) is 84.0 Å². The van der Waals surface area contributed by atoms with Crippen LogP contribution in [0, 0.1) is 0 Å². The number of hydrogen-bond donors (Lipinski definition) is 3. The number of ether oxygens (including phenoxy) is 1. The van der Waals surface area contributed by atoms with E-state index in [2.05, 4.69) is 35.8 Å². The van der Waals surface area contributed by atoms with E-state index >= 15 is 0 Å². The lowest BCUT2D eigenvalue weighted by Crippen LogP contribution is -2.26. The van der Waals surface area contributed by atoms with E-state index in [1.54, 1.807) is 0 Å². The molecule has 0 saturated heterocycles. The first-order valence-electron chi connectivity index (χ1n) is 10.7. The van der Waals surface area contributed by atoms with Crippen molar-refractivity contribution in [2.75, 3.05) is 13.2 Å². The minimum atomic E-state index is -4.64. The van der Waals surface area contributed by atoms with Gasteiger partial charge in [0.05, 0.1) is 13.2 Å². The molecule has 0 radical (unpaired) electrons. The molecule has 0 aliphatic carbocycles. The number of aliphatic hydroxyl groups excluding tert-OH is 1. The van der Waals surface area contributed by atoms with Gasteiger partial charge in [0.1, 0.15) is 6.10 Å². The molecule has 0 fully saturated rings. The van der Waals surface area contributed by atoms with E-state index in [1.807, 2.05) is 0 Å². The van der Waals surface area contributed by atoms with Crippen molar-refractivity contribution in [1.29, 1.82) is 0 Å². The van der Waals surface area contributed by atoms with E-state index in [4.69, 9.17) is 19.6 Å². The van der Waals surface area contributed by atoms with Crippen LogP contribution in [0.25, 0.3) is 0 Å². The fourth-order valence-electron chi connectivity index (χ4n) is 2.63. The molecule has 0 aliphatic rings. The Labute approximate surface area is 175 Å². The number of phosphoric acid groups is 1. The minimum absolute atomic E-state index is 0.219. The first-order valence-corrected chi connectivity index (χ1v) is 12.2. The molecule has 7 nitrogen and oxygen atoms in total. The maximum atomic E-state index is 11.7. The third kappa shape index (κ3) is 21.5. The van der Waals surface area contributed by atoms with Crippen LogP contribution < -0.4 is 0 Å². The number of phosphoric ester groups is 1. The van der Waals surface area contributed by atoms with Crippen molar-refractivity contribution in [3.63, 3.8) is 0 Å². The number of aliphatic hydroxyl groups is 1. The SMILES string of the molecule is CCCCCC=CCC=CCCCCCCCC(=O)O[C@H](CO)COP(=O)(O)O. The largest absolute Gasteiger partial charge is 0.469 e. The molecule has 0 aliphatic heterocycles. The van der Waals surface area contributed by atoms with Gasteiger partial charge in [0.2, 0.25) is 0 Å². The molecule has 0 heterocycles. The topological polar surface area (TPSA) is 113 Å². The lowest BCUT2D eigenvalue weighted by molar-refractivity contribution is -0.153. The van der Waals surface area contributed by atoms with Crippen LogP contribution in [0.4, 0.5) is 0 Å². The van der Waals surface area contributed by atoms with E-state index in [1.165, 1.54) is 25.7 Å². The molecule has 29 heavy (non-hydrogen) atoms.